The van der Waals surface area contributed by atoms with Crippen LogP contribution in [0.5, 0.6) is 11.5 Å². The fourth-order valence-electron chi connectivity index (χ4n) is 4.28. The van der Waals surface area contributed by atoms with Gasteiger partial charge >= 0.3 is 0 Å². The number of nitrogens with one attached hydrogen (secondary N) is 1. The molecule has 2 aromatic carbocycles. The zero-order valence-electron chi connectivity index (χ0n) is 18.2. The molecule has 5 rings (SSSR count). The molecule has 2 heterocycles. The number of para-hydroxylation sites is 2. The molecule has 0 spiro atoms. The third kappa shape index (κ3) is 3.65. The molecule has 2 aromatic heterocycles. The summed E-state index contributed by atoms with van der Waals surface area (Å²) in [4.78, 5) is 19.6. The largest absolute Gasteiger partial charge is 0.493 e. The van der Waals surface area contributed by atoms with Crippen molar-refractivity contribution < 1.29 is 14.3 Å². The maximum absolute atomic E-state index is 13.3. The van der Waals surface area contributed by atoms with Crippen LogP contribution in [0.15, 0.2) is 42.5 Å². The molecule has 32 heavy (non-hydrogen) atoms. The van der Waals surface area contributed by atoms with Crippen molar-refractivity contribution in [3.05, 3.63) is 58.5 Å². The number of amides is 1. The Labute approximate surface area is 195 Å². The molecule has 0 saturated heterocycles. The first-order valence-electron chi connectivity index (χ1n) is 10.6. The lowest BCUT2D eigenvalue weighted by atomic mass is 9.88. The van der Waals surface area contributed by atoms with Crippen molar-refractivity contribution in [3.63, 3.8) is 0 Å². The lowest BCUT2D eigenvalue weighted by molar-refractivity contribution is 0.102. The van der Waals surface area contributed by atoms with E-state index in [-0.39, 0.29) is 5.91 Å². The Bertz CT molecular complexity index is 1280. The minimum atomic E-state index is -0.213. The normalized spacial score (nSPS) is 15.4. The van der Waals surface area contributed by atoms with Crippen molar-refractivity contribution in [2.75, 3.05) is 19.5 Å². The molecule has 5 nitrogen and oxygen atoms in total. The van der Waals surface area contributed by atoms with E-state index in [1.807, 2.05) is 18.2 Å². The Morgan fingerprint density at radius 2 is 1.94 bits per heavy atom. The highest BCUT2D eigenvalue weighted by molar-refractivity contribution is 7.23. The molecule has 1 aliphatic rings. The number of thiophene rings is 1. The number of methoxy groups -OCH3 is 2. The first-order valence-corrected chi connectivity index (χ1v) is 12.2. The van der Waals surface area contributed by atoms with Gasteiger partial charge in [0.05, 0.1) is 30.0 Å². The summed E-state index contributed by atoms with van der Waals surface area (Å²) in [5.74, 6) is 1.40. The Hall–Kier alpha value is -2.90. The molecule has 1 atom stereocenters. The molecule has 1 amide bonds. The van der Waals surface area contributed by atoms with Crippen molar-refractivity contribution in [2.24, 2.45) is 5.92 Å². The van der Waals surface area contributed by atoms with E-state index in [0.29, 0.717) is 23.0 Å². The number of hydrogen-bond acceptors (Lipinski definition) is 6. The number of carbonyl (C=O) groups excluding carboxylic acids is 1. The third-order valence-electron chi connectivity index (χ3n) is 5.89. The van der Waals surface area contributed by atoms with Gasteiger partial charge in [-0.05, 0) is 55.0 Å². The number of hydrogen-bond donors (Lipinski definition) is 1. The fraction of sp³-hybridized carbons (Fsp3) is 0.280. The average Bonchev–Trinajstić information content (AvgIpc) is 3.38. The van der Waals surface area contributed by atoms with Crippen LogP contribution in [0.4, 0.5) is 5.00 Å². The molecular weight excluding hydrogens is 440 g/mol. The number of aromatic nitrogens is 1. The number of fused-ring (bicyclic) bond motifs is 2. The maximum atomic E-state index is 13.3. The Kier molecular flexibility index (Phi) is 5.61. The van der Waals surface area contributed by atoms with Crippen LogP contribution < -0.4 is 14.8 Å². The minimum absolute atomic E-state index is 0.213. The molecule has 164 valence electrons. The lowest BCUT2D eigenvalue weighted by Crippen LogP contribution is -2.13. The quantitative estimate of drug-likeness (QED) is 0.370. The number of thiazole rings is 1. The van der Waals surface area contributed by atoms with E-state index >= 15 is 0 Å². The molecule has 0 bridgehead atoms. The van der Waals surface area contributed by atoms with Gasteiger partial charge in [-0.15, -0.1) is 22.7 Å². The number of anilines is 1. The Balaban J connectivity index is 1.59. The molecule has 0 fully saturated rings. The van der Waals surface area contributed by atoms with Crippen LogP contribution in [0.3, 0.4) is 0 Å². The van der Waals surface area contributed by atoms with E-state index in [1.165, 1.54) is 10.4 Å². The molecule has 0 aliphatic heterocycles. The number of nitrogens with zero attached hydrogens (tertiary/aromatic N) is 1. The fourth-order valence-corrected chi connectivity index (χ4v) is 6.80. The number of rotatable bonds is 5. The van der Waals surface area contributed by atoms with Gasteiger partial charge in [0.2, 0.25) is 0 Å². The zero-order chi connectivity index (χ0) is 22.2. The van der Waals surface area contributed by atoms with Gasteiger partial charge in [-0.25, -0.2) is 4.98 Å². The van der Waals surface area contributed by atoms with E-state index in [2.05, 4.69) is 18.3 Å². The van der Waals surface area contributed by atoms with Gasteiger partial charge < -0.3 is 14.8 Å². The molecule has 1 aliphatic carbocycles. The summed E-state index contributed by atoms with van der Waals surface area (Å²) in [6.45, 7) is 2.29. The highest BCUT2D eigenvalue weighted by Crippen LogP contribution is 2.47. The molecule has 0 saturated carbocycles. The Morgan fingerprint density at radius 1 is 1.09 bits per heavy atom. The zero-order valence-corrected chi connectivity index (χ0v) is 19.9. The van der Waals surface area contributed by atoms with E-state index in [1.54, 1.807) is 55.1 Å². The van der Waals surface area contributed by atoms with Gasteiger partial charge in [0.15, 0.2) is 11.5 Å². The molecule has 1 N–H and O–H groups in total. The van der Waals surface area contributed by atoms with Crippen LogP contribution in [-0.4, -0.2) is 25.1 Å². The van der Waals surface area contributed by atoms with Crippen molar-refractivity contribution >= 4 is 43.8 Å². The second-order valence-corrected chi connectivity index (χ2v) is 10.2. The standard InChI is InChI=1S/C25H24N2O3S2/c1-14-11-12-15-20(13-14)32-25(21(15)24-26-17-8-4-5-10-19(17)31-24)27-23(28)16-7-6-9-18(29-2)22(16)30-3/h4-10,14H,11-13H2,1-3H3,(H,27,28)/t14-/m0/s1. The topological polar surface area (TPSA) is 60.5 Å². The summed E-state index contributed by atoms with van der Waals surface area (Å²) in [5.41, 5.74) is 3.85. The van der Waals surface area contributed by atoms with E-state index < -0.39 is 0 Å². The summed E-state index contributed by atoms with van der Waals surface area (Å²) in [6, 6.07) is 13.5. The van der Waals surface area contributed by atoms with Gasteiger partial charge in [0, 0.05) is 10.4 Å². The molecular formula is C25H24N2O3S2. The predicted molar refractivity (Wildman–Crippen MR) is 132 cm³/mol. The van der Waals surface area contributed by atoms with E-state index in [4.69, 9.17) is 14.5 Å². The second-order valence-electron chi connectivity index (χ2n) is 8.04. The summed E-state index contributed by atoms with van der Waals surface area (Å²) in [7, 11) is 3.12. The van der Waals surface area contributed by atoms with Crippen molar-refractivity contribution in [2.45, 2.75) is 26.2 Å². The third-order valence-corrected chi connectivity index (χ3v) is 8.12. The maximum Gasteiger partial charge on any atom is 0.260 e. The number of benzene rings is 2. The van der Waals surface area contributed by atoms with Crippen LogP contribution in [0.25, 0.3) is 20.8 Å². The summed E-state index contributed by atoms with van der Waals surface area (Å²) >= 11 is 3.36. The molecule has 7 heteroatoms. The van der Waals surface area contributed by atoms with Gasteiger partial charge in [-0.2, -0.15) is 0 Å². The van der Waals surface area contributed by atoms with Crippen LogP contribution in [0, 0.1) is 5.92 Å². The predicted octanol–water partition coefficient (Wildman–Crippen LogP) is 6.42. The van der Waals surface area contributed by atoms with Gasteiger partial charge in [0.25, 0.3) is 5.91 Å². The number of ether oxygens (including phenoxy) is 2. The first kappa shape index (κ1) is 21.0. The molecule has 0 unspecified atom stereocenters. The van der Waals surface area contributed by atoms with Gasteiger partial charge in [-0.3, -0.25) is 4.79 Å². The van der Waals surface area contributed by atoms with Crippen LogP contribution >= 0.6 is 22.7 Å². The van der Waals surface area contributed by atoms with Crippen LogP contribution in [0.1, 0.15) is 34.1 Å². The first-order chi connectivity index (χ1) is 15.6. The highest BCUT2D eigenvalue weighted by Gasteiger charge is 2.28. The summed E-state index contributed by atoms with van der Waals surface area (Å²) < 4.78 is 12.0. The SMILES string of the molecule is COc1cccc(C(=O)Nc2sc3c(c2-c2nc4ccccc4s2)CC[C@H](C)C3)c1OC. The smallest absolute Gasteiger partial charge is 0.260 e. The van der Waals surface area contributed by atoms with Crippen LogP contribution in [0.2, 0.25) is 0 Å². The van der Waals surface area contributed by atoms with Crippen molar-refractivity contribution in [1.29, 1.82) is 0 Å². The summed E-state index contributed by atoms with van der Waals surface area (Å²) in [5, 5.41) is 5.00. The summed E-state index contributed by atoms with van der Waals surface area (Å²) in [6.07, 6.45) is 3.20. The molecule has 0 radical (unpaired) electrons. The van der Waals surface area contributed by atoms with E-state index in [9.17, 15) is 4.79 Å². The molecule has 4 aromatic rings. The lowest BCUT2D eigenvalue weighted by Gasteiger charge is -2.18. The average molecular weight is 465 g/mol. The number of carbonyl (C=O) groups is 1. The van der Waals surface area contributed by atoms with Crippen LogP contribution in [-0.2, 0) is 12.8 Å². The van der Waals surface area contributed by atoms with Gasteiger partial charge in [-0.1, -0.05) is 25.1 Å². The van der Waals surface area contributed by atoms with Gasteiger partial charge in [0.1, 0.15) is 10.0 Å². The highest BCUT2D eigenvalue weighted by atomic mass is 32.1. The second kappa shape index (κ2) is 8.56. The monoisotopic (exact) mass is 464 g/mol. The van der Waals surface area contributed by atoms with Crippen molar-refractivity contribution in [1.82, 2.24) is 4.98 Å². The minimum Gasteiger partial charge on any atom is -0.493 e. The van der Waals surface area contributed by atoms with E-state index in [0.717, 1.165) is 45.1 Å². The van der Waals surface area contributed by atoms with Crippen molar-refractivity contribution in [3.8, 4) is 22.1 Å². The Morgan fingerprint density at radius 3 is 2.72 bits per heavy atom.